The van der Waals surface area contributed by atoms with Crippen LogP contribution in [0.4, 0.5) is 0 Å². The molecule has 0 heterocycles. The van der Waals surface area contributed by atoms with E-state index in [1.807, 2.05) is 13.8 Å². The van der Waals surface area contributed by atoms with Crippen molar-refractivity contribution >= 4 is 20.2 Å². The van der Waals surface area contributed by atoms with Crippen LogP contribution in [0.2, 0.25) is 0 Å². The normalized spacial score (nSPS) is 12.8. The fourth-order valence-electron chi connectivity index (χ4n) is 1.00. The van der Waals surface area contributed by atoms with Gasteiger partial charge in [0.15, 0.2) is 0 Å². The number of hydrogen-bond acceptors (Lipinski definition) is 6. The molecule has 104 valence electrons. The Morgan fingerprint density at radius 2 is 1.12 bits per heavy atom. The minimum atomic E-state index is -3.91. The van der Waals surface area contributed by atoms with Crippen molar-refractivity contribution in [3.05, 3.63) is 0 Å². The number of rotatable bonds is 10. The predicted molar refractivity (Wildman–Crippen MR) is 64.2 cm³/mol. The van der Waals surface area contributed by atoms with Crippen LogP contribution in [-0.2, 0) is 28.9 Å². The van der Waals surface area contributed by atoms with Gasteiger partial charge in [0.2, 0.25) is 0 Å². The molecule has 0 aromatic rings. The van der Waals surface area contributed by atoms with Gasteiger partial charge in [-0.25, -0.2) is 0 Å². The Kier molecular flexibility index (Phi) is 7.93. The molecule has 0 amide bonds. The van der Waals surface area contributed by atoms with Gasteiger partial charge in [0, 0.05) is 0 Å². The molecule has 0 atom stereocenters. The third kappa shape index (κ3) is 9.51. The van der Waals surface area contributed by atoms with E-state index < -0.39 is 20.2 Å². The Hall–Kier alpha value is -0.180. The second-order valence-corrected chi connectivity index (χ2v) is 7.04. The number of unbranched alkanes of at least 4 members (excludes halogenated alkanes) is 3. The van der Waals surface area contributed by atoms with Crippen molar-refractivity contribution in [1.82, 2.24) is 0 Å². The van der Waals surface area contributed by atoms with E-state index in [1.54, 1.807) is 0 Å². The maximum absolute atomic E-state index is 11.2. The van der Waals surface area contributed by atoms with E-state index in [1.165, 1.54) is 0 Å². The highest BCUT2D eigenvalue weighted by atomic mass is 32.2. The van der Waals surface area contributed by atoms with Crippen molar-refractivity contribution in [1.29, 1.82) is 0 Å². The fourth-order valence-corrected chi connectivity index (χ4v) is 3.02. The van der Waals surface area contributed by atoms with Gasteiger partial charge in [0.1, 0.15) is 0 Å². The molecule has 0 bridgehead atoms. The molecule has 0 aliphatic rings. The molecule has 0 aliphatic heterocycles. The molecule has 0 radical (unpaired) electrons. The van der Waals surface area contributed by atoms with Crippen molar-refractivity contribution in [3.8, 4) is 0 Å². The zero-order valence-corrected chi connectivity index (χ0v) is 11.8. The van der Waals surface area contributed by atoms with E-state index in [4.69, 9.17) is 0 Å². The van der Waals surface area contributed by atoms with Crippen LogP contribution in [0.25, 0.3) is 0 Å². The highest BCUT2D eigenvalue weighted by Crippen LogP contribution is 2.06. The summed E-state index contributed by atoms with van der Waals surface area (Å²) >= 11 is 0. The van der Waals surface area contributed by atoms with E-state index in [-0.39, 0.29) is 11.5 Å². The molecule has 0 N–H and O–H groups in total. The van der Waals surface area contributed by atoms with Gasteiger partial charge in [0.05, 0.1) is 11.5 Å². The summed E-state index contributed by atoms with van der Waals surface area (Å²) in [5, 5.41) is 0. The monoisotopic (exact) mass is 288 g/mol. The molecule has 0 saturated carbocycles. The second-order valence-electron chi connectivity index (χ2n) is 3.72. The number of hydrogen-bond donors (Lipinski definition) is 0. The summed E-state index contributed by atoms with van der Waals surface area (Å²) in [7, 11) is -7.82. The molecule has 0 unspecified atom stereocenters. The molecule has 0 fully saturated rings. The Morgan fingerprint density at radius 3 is 1.53 bits per heavy atom. The van der Waals surface area contributed by atoms with Crippen LogP contribution in [0.15, 0.2) is 0 Å². The smallest absolute Gasteiger partial charge is 0.197 e. The Labute approximate surface area is 103 Å². The molecule has 0 aliphatic carbocycles. The first-order chi connectivity index (χ1) is 7.83. The van der Waals surface area contributed by atoms with Crippen molar-refractivity contribution < 1.29 is 25.5 Å². The largest absolute Gasteiger partial charge is 0.294 e. The van der Waals surface area contributed by atoms with Gasteiger partial charge in [-0.2, -0.15) is 16.8 Å². The van der Waals surface area contributed by atoms with Crippen molar-refractivity contribution in [2.45, 2.75) is 46.0 Å². The lowest BCUT2D eigenvalue weighted by atomic mass is 10.3. The molecule has 0 aromatic heterocycles. The van der Waals surface area contributed by atoms with Crippen LogP contribution in [0.5, 0.6) is 0 Å². The predicted octanol–water partition coefficient (Wildman–Crippen LogP) is 1.58. The quantitative estimate of drug-likeness (QED) is 0.344. The van der Waals surface area contributed by atoms with E-state index >= 15 is 0 Å². The van der Waals surface area contributed by atoms with Crippen molar-refractivity contribution in [2.24, 2.45) is 0 Å². The van der Waals surface area contributed by atoms with E-state index in [0.29, 0.717) is 19.3 Å². The minimum absolute atomic E-state index is 0.232. The molecular weight excluding hydrogens is 268 g/mol. The summed E-state index contributed by atoms with van der Waals surface area (Å²) < 4.78 is 52.8. The van der Waals surface area contributed by atoms with Crippen molar-refractivity contribution in [3.63, 3.8) is 0 Å². The minimum Gasteiger partial charge on any atom is -0.197 e. The molecule has 0 aromatic carbocycles. The third-order valence-electron chi connectivity index (χ3n) is 1.98. The average molecular weight is 288 g/mol. The van der Waals surface area contributed by atoms with E-state index in [9.17, 15) is 16.8 Å². The zero-order valence-electron chi connectivity index (χ0n) is 10.2. The van der Waals surface area contributed by atoms with Crippen LogP contribution in [0, 0.1) is 0 Å². The first-order valence-electron chi connectivity index (χ1n) is 5.66. The first-order valence-corrected chi connectivity index (χ1v) is 8.81. The summed E-state index contributed by atoms with van der Waals surface area (Å²) in [6, 6.07) is 0. The van der Waals surface area contributed by atoms with E-state index in [0.717, 1.165) is 12.8 Å². The van der Waals surface area contributed by atoms with Crippen molar-refractivity contribution in [2.75, 3.05) is 11.5 Å². The fraction of sp³-hybridized carbons (Fsp3) is 1.00. The molecule has 0 spiro atoms. The van der Waals surface area contributed by atoms with Gasteiger partial charge >= 0.3 is 0 Å². The Bertz CT molecular complexity index is 384. The van der Waals surface area contributed by atoms with Gasteiger partial charge in [-0.15, -0.1) is 0 Å². The lowest BCUT2D eigenvalue weighted by molar-refractivity contribution is -0.0850. The lowest BCUT2D eigenvalue weighted by Crippen LogP contribution is -2.17. The van der Waals surface area contributed by atoms with Gasteiger partial charge in [-0.3, -0.25) is 0 Å². The molecule has 17 heavy (non-hydrogen) atoms. The molecule has 0 rings (SSSR count). The summed E-state index contributed by atoms with van der Waals surface area (Å²) in [6.07, 6.45) is 3.11. The Morgan fingerprint density at radius 1 is 0.706 bits per heavy atom. The van der Waals surface area contributed by atoms with E-state index in [2.05, 4.69) is 8.67 Å². The first kappa shape index (κ1) is 16.8. The van der Waals surface area contributed by atoms with Crippen LogP contribution in [0.3, 0.4) is 0 Å². The van der Waals surface area contributed by atoms with Crippen LogP contribution < -0.4 is 0 Å². The van der Waals surface area contributed by atoms with Gasteiger partial charge < -0.3 is 0 Å². The summed E-state index contributed by atoms with van der Waals surface area (Å²) in [4.78, 5) is 0. The SMILES string of the molecule is CCCCCS(=O)(=O)OOS(=O)(=O)CCCC. The highest BCUT2D eigenvalue weighted by Gasteiger charge is 2.19. The van der Waals surface area contributed by atoms with Crippen LogP contribution >= 0.6 is 0 Å². The molecule has 8 heteroatoms. The summed E-state index contributed by atoms with van der Waals surface area (Å²) in [5.74, 6) is -0.474. The van der Waals surface area contributed by atoms with Crippen LogP contribution in [-0.4, -0.2) is 28.3 Å². The topological polar surface area (TPSA) is 86.7 Å². The van der Waals surface area contributed by atoms with Crippen LogP contribution in [0.1, 0.15) is 46.0 Å². The Balaban J connectivity index is 4.08. The van der Waals surface area contributed by atoms with Gasteiger partial charge in [-0.05, 0) is 12.8 Å². The van der Waals surface area contributed by atoms with Gasteiger partial charge in [0.25, 0.3) is 20.2 Å². The molecule has 0 saturated heterocycles. The van der Waals surface area contributed by atoms with Gasteiger partial charge in [-0.1, -0.05) is 41.8 Å². The summed E-state index contributed by atoms with van der Waals surface area (Å²) in [6.45, 7) is 3.75. The highest BCUT2D eigenvalue weighted by molar-refractivity contribution is 7.88. The third-order valence-corrected chi connectivity index (χ3v) is 4.20. The zero-order chi connectivity index (χ0) is 13.4. The standard InChI is InChI=1S/C9H20O6S2/c1-3-5-7-9-17(12,13)15-14-16(10,11)8-6-4-2/h3-9H2,1-2H3. The lowest BCUT2D eigenvalue weighted by Gasteiger charge is -2.04. The molecule has 6 nitrogen and oxygen atoms in total. The maximum Gasteiger partial charge on any atom is 0.294 e. The molecular formula is C9H20O6S2. The maximum atomic E-state index is 11.2. The second kappa shape index (κ2) is 8.02. The summed E-state index contributed by atoms with van der Waals surface area (Å²) in [5.41, 5.74) is 0. The average Bonchev–Trinajstić information content (AvgIpc) is 2.25.